The molecule has 0 bridgehead atoms. The molecule has 0 aliphatic rings. The first-order valence-electron chi connectivity index (χ1n) is 5.73. The average Bonchev–Trinajstić information content (AvgIpc) is 2.71. The molecule has 19 heavy (non-hydrogen) atoms. The van der Waals surface area contributed by atoms with E-state index in [1.54, 1.807) is 13.8 Å². The number of nitrogens with zero attached hydrogens (tertiary/aromatic N) is 3. The molecule has 1 aromatic rings. The van der Waals surface area contributed by atoms with Gasteiger partial charge in [0.25, 0.3) is 0 Å². The molecule has 0 saturated carbocycles. The lowest BCUT2D eigenvalue weighted by Crippen LogP contribution is -2.34. The molecule has 106 valence electrons. The molecule has 1 aromatic heterocycles. The Balaban J connectivity index is 2.62. The third kappa shape index (κ3) is 4.04. The number of sulfonamides is 1. The fourth-order valence-corrected chi connectivity index (χ4v) is 3.89. The monoisotopic (exact) mass is 322 g/mol. The summed E-state index contributed by atoms with van der Waals surface area (Å²) in [6.45, 7) is 4.71. The van der Waals surface area contributed by atoms with Crippen LogP contribution in [0.25, 0.3) is 0 Å². The van der Waals surface area contributed by atoms with Crippen LogP contribution in [0, 0.1) is 11.3 Å². The smallest absolute Gasteiger partial charge is 0.215 e. The van der Waals surface area contributed by atoms with Crippen LogP contribution in [0.15, 0.2) is 0 Å². The number of nitrogens with one attached hydrogen (secondary N) is 1. The van der Waals surface area contributed by atoms with E-state index in [1.807, 2.05) is 6.07 Å². The quantitative estimate of drug-likeness (QED) is 0.826. The molecule has 1 rings (SSSR count). The topological polar surface area (TPSA) is 86.1 Å². The standard InChI is InChI=1S/C10H15ClN4O2S2/c1-3-15(4-2)19(16,17)6-5-13-10-8(7-12)9(11)14-18-10/h13H,3-6H2,1-2H3. The minimum Gasteiger partial charge on any atom is -0.373 e. The highest BCUT2D eigenvalue weighted by Crippen LogP contribution is 2.27. The van der Waals surface area contributed by atoms with Crippen LogP contribution in [0.3, 0.4) is 0 Å². The van der Waals surface area contributed by atoms with Crippen LogP contribution in [0.4, 0.5) is 5.00 Å². The Morgan fingerprint density at radius 3 is 2.63 bits per heavy atom. The van der Waals surface area contributed by atoms with Gasteiger partial charge in [-0.1, -0.05) is 25.4 Å². The van der Waals surface area contributed by atoms with Crippen LogP contribution in [-0.2, 0) is 10.0 Å². The Kier molecular flexibility index (Phi) is 6.00. The van der Waals surface area contributed by atoms with Gasteiger partial charge in [-0.25, -0.2) is 12.7 Å². The third-order valence-corrected chi connectivity index (χ3v) is 5.71. The normalized spacial score (nSPS) is 11.5. The van der Waals surface area contributed by atoms with E-state index in [2.05, 4.69) is 9.69 Å². The molecule has 9 heteroatoms. The molecule has 0 amide bonds. The third-order valence-electron chi connectivity index (χ3n) is 2.51. The number of nitriles is 1. The fraction of sp³-hybridized carbons (Fsp3) is 0.600. The van der Waals surface area contributed by atoms with Gasteiger partial charge in [-0.2, -0.15) is 9.64 Å². The zero-order chi connectivity index (χ0) is 14.5. The van der Waals surface area contributed by atoms with E-state index in [1.165, 1.54) is 4.31 Å². The molecule has 0 aliphatic carbocycles. The number of halogens is 1. The molecule has 0 unspecified atom stereocenters. The van der Waals surface area contributed by atoms with E-state index >= 15 is 0 Å². The summed E-state index contributed by atoms with van der Waals surface area (Å²) in [5.74, 6) is -0.0327. The van der Waals surface area contributed by atoms with Crippen LogP contribution < -0.4 is 5.32 Å². The molecule has 1 heterocycles. The second-order valence-electron chi connectivity index (χ2n) is 3.62. The minimum absolute atomic E-state index is 0.0327. The summed E-state index contributed by atoms with van der Waals surface area (Å²) in [4.78, 5) is 0. The highest BCUT2D eigenvalue weighted by molar-refractivity contribution is 7.89. The predicted molar refractivity (Wildman–Crippen MR) is 77.0 cm³/mol. The van der Waals surface area contributed by atoms with Crippen LogP contribution in [0.1, 0.15) is 19.4 Å². The second kappa shape index (κ2) is 7.05. The van der Waals surface area contributed by atoms with Crippen molar-refractivity contribution in [1.29, 1.82) is 5.26 Å². The lowest BCUT2D eigenvalue weighted by atomic mass is 10.4. The molecular weight excluding hydrogens is 308 g/mol. The van der Waals surface area contributed by atoms with Gasteiger partial charge >= 0.3 is 0 Å². The Labute approximate surface area is 122 Å². The first kappa shape index (κ1) is 16.2. The van der Waals surface area contributed by atoms with Gasteiger partial charge in [0.2, 0.25) is 10.0 Å². The van der Waals surface area contributed by atoms with Crippen LogP contribution in [-0.4, -0.2) is 42.5 Å². The minimum atomic E-state index is -3.27. The molecule has 0 spiro atoms. The van der Waals surface area contributed by atoms with Crippen molar-refractivity contribution in [2.45, 2.75) is 13.8 Å². The lowest BCUT2D eigenvalue weighted by molar-refractivity contribution is 0.446. The molecule has 0 aromatic carbocycles. The van der Waals surface area contributed by atoms with Crippen LogP contribution >= 0.6 is 23.1 Å². The van der Waals surface area contributed by atoms with Crippen molar-refractivity contribution in [2.75, 3.05) is 30.7 Å². The Morgan fingerprint density at radius 2 is 2.11 bits per heavy atom. The summed E-state index contributed by atoms with van der Waals surface area (Å²) in [5.41, 5.74) is 0.256. The Hall–Kier alpha value is -0.880. The summed E-state index contributed by atoms with van der Waals surface area (Å²) < 4.78 is 29.1. The number of rotatable bonds is 7. The van der Waals surface area contributed by atoms with Crippen molar-refractivity contribution in [3.05, 3.63) is 10.7 Å². The molecule has 0 atom stereocenters. The summed E-state index contributed by atoms with van der Waals surface area (Å²) in [6.07, 6.45) is 0. The van der Waals surface area contributed by atoms with E-state index in [4.69, 9.17) is 16.9 Å². The number of hydrogen-bond donors (Lipinski definition) is 1. The number of hydrogen-bond acceptors (Lipinski definition) is 6. The summed E-state index contributed by atoms with van der Waals surface area (Å²) in [7, 11) is -3.27. The summed E-state index contributed by atoms with van der Waals surface area (Å²) >= 11 is 6.77. The van der Waals surface area contributed by atoms with Gasteiger partial charge in [0.15, 0.2) is 5.15 Å². The molecule has 0 radical (unpaired) electrons. The van der Waals surface area contributed by atoms with Crippen molar-refractivity contribution in [2.24, 2.45) is 0 Å². The van der Waals surface area contributed by atoms with E-state index < -0.39 is 10.0 Å². The first-order chi connectivity index (χ1) is 8.96. The molecule has 0 fully saturated rings. The van der Waals surface area contributed by atoms with Gasteiger partial charge in [0.05, 0.1) is 5.75 Å². The van der Waals surface area contributed by atoms with E-state index in [-0.39, 0.29) is 23.0 Å². The lowest BCUT2D eigenvalue weighted by Gasteiger charge is -2.18. The first-order valence-corrected chi connectivity index (χ1v) is 8.49. The maximum Gasteiger partial charge on any atom is 0.215 e. The van der Waals surface area contributed by atoms with Gasteiger partial charge in [-0.15, -0.1) is 0 Å². The molecule has 0 aliphatic heterocycles. The van der Waals surface area contributed by atoms with E-state index in [9.17, 15) is 8.42 Å². The van der Waals surface area contributed by atoms with Gasteiger partial charge in [-0.05, 0) is 11.5 Å². The van der Waals surface area contributed by atoms with Crippen molar-refractivity contribution in [3.63, 3.8) is 0 Å². The van der Waals surface area contributed by atoms with Gasteiger partial charge in [-0.3, -0.25) is 0 Å². The second-order valence-corrected chi connectivity index (χ2v) is 6.84. The van der Waals surface area contributed by atoms with Crippen LogP contribution in [0.5, 0.6) is 0 Å². The van der Waals surface area contributed by atoms with Crippen LogP contribution in [0.2, 0.25) is 5.15 Å². The van der Waals surface area contributed by atoms with E-state index in [0.29, 0.717) is 18.1 Å². The van der Waals surface area contributed by atoms with E-state index in [0.717, 1.165) is 11.5 Å². The van der Waals surface area contributed by atoms with Gasteiger partial charge < -0.3 is 5.32 Å². The van der Waals surface area contributed by atoms with Gasteiger partial charge in [0, 0.05) is 19.6 Å². The summed E-state index contributed by atoms with van der Waals surface area (Å²) in [6, 6.07) is 1.93. The average molecular weight is 323 g/mol. The zero-order valence-corrected chi connectivity index (χ0v) is 13.1. The maximum atomic E-state index is 11.9. The largest absolute Gasteiger partial charge is 0.373 e. The molecule has 0 saturated heterocycles. The SMILES string of the molecule is CCN(CC)S(=O)(=O)CCNc1snc(Cl)c1C#N. The number of anilines is 1. The molecule has 1 N–H and O–H groups in total. The highest BCUT2D eigenvalue weighted by Gasteiger charge is 2.19. The van der Waals surface area contributed by atoms with Gasteiger partial charge in [0.1, 0.15) is 16.6 Å². The molecule has 6 nitrogen and oxygen atoms in total. The zero-order valence-electron chi connectivity index (χ0n) is 10.7. The number of aromatic nitrogens is 1. The maximum absolute atomic E-state index is 11.9. The predicted octanol–water partition coefficient (Wildman–Crippen LogP) is 1.75. The Morgan fingerprint density at radius 1 is 1.47 bits per heavy atom. The van der Waals surface area contributed by atoms with Crippen molar-refractivity contribution in [3.8, 4) is 6.07 Å². The van der Waals surface area contributed by atoms with Crippen molar-refractivity contribution < 1.29 is 8.42 Å². The van der Waals surface area contributed by atoms with Crippen molar-refractivity contribution in [1.82, 2.24) is 8.68 Å². The summed E-state index contributed by atoms with van der Waals surface area (Å²) in [5, 5.41) is 12.4. The van der Waals surface area contributed by atoms with Crippen molar-refractivity contribution >= 4 is 38.2 Å². The molecular formula is C10H15ClN4O2S2. The fourth-order valence-electron chi connectivity index (χ4n) is 1.53. The Bertz CT molecular complexity index is 561. The highest BCUT2D eigenvalue weighted by atomic mass is 35.5.